The number of benzene rings is 2. The Morgan fingerprint density at radius 3 is 2.69 bits per heavy atom. The van der Waals surface area contributed by atoms with Gasteiger partial charge in [0.1, 0.15) is 5.82 Å². The van der Waals surface area contributed by atoms with Gasteiger partial charge in [0, 0.05) is 31.9 Å². The third-order valence-corrected chi connectivity index (χ3v) is 9.06. The predicted molar refractivity (Wildman–Crippen MR) is 131 cm³/mol. The van der Waals surface area contributed by atoms with E-state index in [0.717, 1.165) is 31.1 Å². The van der Waals surface area contributed by atoms with Crippen molar-refractivity contribution in [1.29, 1.82) is 0 Å². The van der Waals surface area contributed by atoms with E-state index >= 15 is 0 Å². The molecule has 1 amide bonds. The molecule has 0 radical (unpaired) electrons. The number of hydrogen-bond acceptors (Lipinski definition) is 7. The zero-order valence-electron chi connectivity index (χ0n) is 19.0. The molecule has 35 heavy (non-hydrogen) atoms. The fourth-order valence-corrected chi connectivity index (χ4v) is 6.75. The molecule has 2 fully saturated rings. The van der Waals surface area contributed by atoms with Crippen LogP contribution in [0.3, 0.4) is 0 Å². The largest absolute Gasteiger partial charge is 0.379 e. The number of hydrazine groups is 1. The SMILES string of the molecule is O=C(Nc1ccc2c(c1)N(S(=O)(=O)C1CCC(N3CCOCC3)NC1)NC2)c1c(F)cccc1Cl. The Morgan fingerprint density at radius 1 is 1.17 bits per heavy atom. The van der Waals surface area contributed by atoms with Crippen molar-refractivity contribution in [1.82, 2.24) is 15.6 Å². The molecular formula is C23H27ClFN5O4S. The summed E-state index contributed by atoms with van der Waals surface area (Å²) in [6.45, 7) is 3.75. The number of nitrogens with one attached hydrogen (secondary N) is 3. The number of sulfonamides is 1. The van der Waals surface area contributed by atoms with Gasteiger partial charge in [-0.15, -0.1) is 0 Å². The molecule has 2 unspecified atom stereocenters. The zero-order chi connectivity index (χ0) is 24.6. The fraction of sp³-hybridized carbons (Fsp3) is 0.435. The molecule has 0 aliphatic carbocycles. The molecule has 0 saturated carbocycles. The number of hydrogen-bond donors (Lipinski definition) is 3. The maximum atomic E-state index is 14.1. The first kappa shape index (κ1) is 24.4. The number of nitrogens with zero attached hydrogens (tertiary/aromatic N) is 2. The highest BCUT2D eigenvalue weighted by Gasteiger charge is 2.39. The lowest BCUT2D eigenvalue weighted by Crippen LogP contribution is -2.57. The molecule has 188 valence electrons. The van der Waals surface area contributed by atoms with Gasteiger partial charge in [-0.3, -0.25) is 9.69 Å². The van der Waals surface area contributed by atoms with Gasteiger partial charge in [0.15, 0.2) is 0 Å². The molecule has 0 aromatic heterocycles. The summed E-state index contributed by atoms with van der Waals surface area (Å²) in [6, 6.07) is 8.97. The standard InChI is InChI=1S/C23H27ClFN5O4S/c24-18-2-1-3-19(25)22(18)23(31)28-16-5-4-15-13-27-30(20(15)12-16)35(32,33)17-6-7-21(26-14-17)29-8-10-34-11-9-29/h1-5,12,17,21,26-27H,6-11,13-14H2,(H,28,31). The Bertz CT molecular complexity index is 1200. The first-order chi connectivity index (χ1) is 16.8. The maximum absolute atomic E-state index is 14.1. The lowest BCUT2D eigenvalue weighted by molar-refractivity contribution is 0.00277. The highest BCUT2D eigenvalue weighted by Crippen LogP contribution is 2.33. The first-order valence-corrected chi connectivity index (χ1v) is 13.4. The molecule has 9 nitrogen and oxygen atoms in total. The Morgan fingerprint density at radius 2 is 1.97 bits per heavy atom. The van der Waals surface area contributed by atoms with Gasteiger partial charge in [-0.25, -0.2) is 22.6 Å². The molecule has 5 rings (SSSR count). The minimum Gasteiger partial charge on any atom is -0.379 e. The molecule has 3 N–H and O–H groups in total. The van der Waals surface area contributed by atoms with Crippen molar-refractivity contribution in [3.05, 3.63) is 58.4 Å². The van der Waals surface area contributed by atoms with Crippen LogP contribution in [0.5, 0.6) is 0 Å². The van der Waals surface area contributed by atoms with Crippen molar-refractivity contribution in [2.45, 2.75) is 30.8 Å². The number of piperidine rings is 1. The van der Waals surface area contributed by atoms with E-state index in [1.54, 1.807) is 18.2 Å². The number of ether oxygens (including phenoxy) is 1. The normalized spacial score (nSPS) is 23.2. The molecule has 2 aromatic rings. The van der Waals surface area contributed by atoms with Gasteiger partial charge in [0.05, 0.1) is 40.9 Å². The molecule has 0 spiro atoms. The van der Waals surface area contributed by atoms with Crippen molar-refractivity contribution in [3.8, 4) is 0 Å². The highest BCUT2D eigenvalue weighted by atomic mass is 35.5. The van der Waals surface area contributed by atoms with E-state index in [0.29, 0.717) is 44.1 Å². The average molecular weight is 524 g/mol. The van der Waals surface area contributed by atoms with E-state index in [1.165, 1.54) is 16.5 Å². The van der Waals surface area contributed by atoms with Gasteiger partial charge < -0.3 is 15.4 Å². The number of carbonyl (C=O) groups is 1. The molecule has 2 saturated heterocycles. The Kier molecular flexibility index (Phi) is 6.97. The number of amides is 1. The van der Waals surface area contributed by atoms with Gasteiger partial charge in [-0.05, 0) is 42.7 Å². The molecular weight excluding hydrogens is 497 g/mol. The number of anilines is 2. The number of rotatable bonds is 5. The summed E-state index contributed by atoms with van der Waals surface area (Å²) >= 11 is 6.00. The van der Waals surface area contributed by atoms with Crippen LogP contribution in [-0.4, -0.2) is 63.5 Å². The molecule has 12 heteroatoms. The van der Waals surface area contributed by atoms with Gasteiger partial charge in [0.25, 0.3) is 15.9 Å². The summed E-state index contributed by atoms with van der Waals surface area (Å²) in [5.41, 5.74) is 4.26. The maximum Gasteiger partial charge on any atom is 0.260 e. The van der Waals surface area contributed by atoms with E-state index in [-0.39, 0.29) is 16.8 Å². The number of morpholine rings is 1. The van der Waals surface area contributed by atoms with Crippen molar-refractivity contribution in [3.63, 3.8) is 0 Å². The van der Waals surface area contributed by atoms with Crippen molar-refractivity contribution < 1.29 is 22.3 Å². The van der Waals surface area contributed by atoms with E-state index in [2.05, 4.69) is 21.0 Å². The van der Waals surface area contributed by atoms with Gasteiger partial charge in [0.2, 0.25) is 0 Å². The van der Waals surface area contributed by atoms with Crippen LogP contribution in [0.25, 0.3) is 0 Å². The fourth-order valence-electron chi connectivity index (χ4n) is 4.78. The van der Waals surface area contributed by atoms with Crippen LogP contribution in [0.2, 0.25) is 5.02 Å². The van der Waals surface area contributed by atoms with E-state index in [4.69, 9.17) is 16.3 Å². The van der Waals surface area contributed by atoms with Crippen LogP contribution in [0, 0.1) is 5.82 Å². The lowest BCUT2D eigenvalue weighted by atomic mass is 10.1. The van der Waals surface area contributed by atoms with Crippen molar-refractivity contribution >= 4 is 38.9 Å². The van der Waals surface area contributed by atoms with Crippen LogP contribution in [0.1, 0.15) is 28.8 Å². The third kappa shape index (κ3) is 4.89. The summed E-state index contributed by atoms with van der Waals surface area (Å²) in [4.78, 5) is 14.9. The minimum absolute atomic E-state index is 0.00490. The molecule has 2 atom stereocenters. The second-order valence-electron chi connectivity index (χ2n) is 8.81. The number of fused-ring (bicyclic) bond motifs is 1. The topological polar surface area (TPSA) is 103 Å². The summed E-state index contributed by atoms with van der Waals surface area (Å²) in [6.07, 6.45) is 1.41. The molecule has 3 heterocycles. The summed E-state index contributed by atoms with van der Waals surface area (Å²) in [5.74, 6) is -1.44. The second kappa shape index (κ2) is 10.00. The second-order valence-corrected chi connectivity index (χ2v) is 11.3. The van der Waals surface area contributed by atoms with E-state index in [1.807, 2.05) is 0 Å². The third-order valence-electron chi connectivity index (χ3n) is 6.67. The number of carbonyl (C=O) groups excluding carboxylic acids is 1. The van der Waals surface area contributed by atoms with Crippen molar-refractivity contribution in [2.75, 3.05) is 42.6 Å². The van der Waals surface area contributed by atoms with Gasteiger partial charge >= 0.3 is 0 Å². The first-order valence-electron chi connectivity index (χ1n) is 11.6. The molecule has 3 aliphatic heterocycles. The average Bonchev–Trinajstić information content (AvgIpc) is 3.29. The Hall–Kier alpha value is -2.28. The predicted octanol–water partition coefficient (Wildman–Crippen LogP) is 2.30. The molecule has 3 aliphatic rings. The van der Waals surface area contributed by atoms with E-state index < -0.39 is 27.0 Å². The highest BCUT2D eigenvalue weighted by molar-refractivity contribution is 7.93. The summed E-state index contributed by atoms with van der Waals surface area (Å²) < 4.78 is 47.8. The molecule has 0 bridgehead atoms. The minimum atomic E-state index is -3.72. The lowest BCUT2D eigenvalue weighted by Gasteiger charge is -2.39. The van der Waals surface area contributed by atoms with Crippen molar-refractivity contribution in [2.24, 2.45) is 0 Å². The van der Waals surface area contributed by atoms with Gasteiger partial charge in [-0.2, -0.15) is 0 Å². The van der Waals surface area contributed by atoms with Crippen LogP contribution >= 0.6 is 11.6 Å². The quantitative estimate of drug-likeness (QED) is 0.552. The molecule has 2 aromatic carbocycles. The van der Waals surface area contributed by atoms with Crippen LogP contribution < -0.4 is 20.5 Å². The smallest absolute Gasteiger partial charge is 0.260 e. The summed E-state index contributed by atoms with van der Waals surface area (Å²) in [5, 5.41) is 5.42. The Labute approximate surface area is 208 Å². The zero-order valence-corrected chi connectivity index (χ0v) is 20.5. The monoisotopic (exact) mass is 523 g/mol. The Balaban J connectivity index is 1.30. The van der Waals surface area contributed by atoms with Crippen LogP contribution in [0.4, 0.5) is 15.8 Å². The van der Waals surface area contributed by atoms with E-state index in [9.17, 15) is 17.6 Å². The number of halogens is 2. The van der Waals surface area contributed by atoms with Crippen LogP contribution in [-0.2, 0) is 21.3 Å². The van der Waals surface area contributed by atoms with Crippen LogP contribution in [0.15, 0.2) is 36.4 Å². The van der Waals surface area contributed by atoms with Gasteiger partial charge in [-0.1, -0.05) is 23.7 Å². The summed E-state index contributed by atoms with van der Waals surface area (Å²) in [7, 11) is -3.72.